The fraction of sp³-hybridized carbons (Fsp3) is 0.533. The van der Waals surface area contributed by atoms with Crippen molar-refractivity contribution in [1.82, 2.24) is 4.90 Å². The lowest BCUT2D eigenvalue weighted by Gasteiger charge is -2.35. The van der Waals surface area contributed by atoms with Crippen LogP contribution in [0.3, 0.4) is 0 Å². The van der Waals surface area contributed by atoms with Gasteiger partial charge in [0.05, 0.1) is 37.1 Å². The van der Waals surface area contributed by atoms with Gasteiger partial charge in [-0.25, -0.2) is 8.42 Å². The minimum atomic E-state index is -3.18. The molecule has 40 heavy (non-hydrogen) atoms. The van der Waals surface area contributed by atoms with Crippen LogP contribution in [0.1, 0.15) is 53.9 Å². The lowest BCUT2D eigenvalue weighted by atomic mass is 9.91. The van der Waals surface area contributed by atoms with Gasteiger partial charge in [-0.2, -0.15) is 0 Å². The highest BCUT2D eigenvalue weighted by molar-refractivity contribution is 7.90. The van der Waals surface area contributed by atoms with E-state index in [-0.39, 0.29) is 30.5 Å². The topological polar surface area (TPSA) is 113 Å². The van der Waals surface area contributed by atoms with E-state index >= 15 is 0 Å². The Labute approximate surface area is 237 Å². The standard InChI is InChI=1S/C30H40N2O7S/c1-31(15-16-40(3,36)37)30(35)26-10-9-24(38-2)18-28(26)32-13-11-21(12-14-32)20-39-25-6-4-5-23(17-25)27(19-29(33)34)22-7-8-22/h4-6,9-10,17-18,21-22,27H,7-8,11-16,19-20H2,1-3H3,(H,33,34). The van der Waals surface area contributed by atoms with Gasteiger partial charge >= 0.3 is 5.97 Å². The van der Waals surface area contributed by atoms with Crippen LogP contribution >= 0.6 is 0 Å². The Hall–Kier alpha value is -3.27. The number of carboxylic acids is 1. The molecular weight excluding hydrogens is 532 g/mol. The van der Waals surface area contributed by atoms with E-state index in [0.29, 0.717) is 29.8 Å². The molecule has 0 bridgehead atoms. The average Bonchev–Trinajstić information content (AvgIpc) is 3.78. The summed E-state index contributed by atoms with van der Waals surface area (Å²) < 4.78 is 34.8. The number of carbonyl (C=O) groups excluding carboxylic acids is 1. The van der Waals surface area contributed by atoms with E-state index in [1.807, 2.05) is 30.3 Å². The summed E-state index contributed by atoms with van der Waals surface area (Å²) in [7, 11) is 0.0283. The van der Waals surface area contributed by atoms with Crippen molar-refractivity contribution in [3.05, 3.63) is 53.6 Å². The number of ether oxygens (including phenoxy) is 2. The average molecular weight is 573 g/mol. The van der Waals surface area contributed by atoms with Gasteiger partial charge in [0.15, 0.2) is 0 Å². The van der Waals surface area contributed by atoms with Crippen LogP contribution in [0.15, 0.2) is 42.5 Å². The molecule has 2 aliphatic rings. The van der Waals surface area contributed by atoms with Crippen LogP contribution in [0, 0.1) is 11.8 Å². The van der Waals surface area contributed by atoms with Gasteiger partial charge in [-0.1, -0.05) is 12.1 Å². The first-order valence-corrected chi connectivity index (χ1v) is 15.9. The predicted octanol–water partition coefficient (Wildman–Crippen LogP) is 4.08. The molecule has 1 saturated heterocycles. The summed E-state index contributed by atoms with van der Waals surface area (Å²) in [6.45, 7) is 2.19. The van der Waals surface area contributed by atoms with Crippen LogP contribution in [0.4, 0.5) is 5.69 Å². The van der Waals surface area contributed by atoms with Crippen LogP contribution in [-0.2, 0) is 14.6 Å². The number of sulfone groups is 1. The maximum Gasteiger partial charge on any atom is 0.303 e. The number of hydrogen-bond acceptors (Lipinski definition) is 7. The molecule has 1 heterocycles. The lowest BCUT2D eigenvalue weighted by Crippen LogP contribution is -2.38. The van der Waals surface area contributed by atoms with E-state index in [1.165, 1.54) is 11.2 Å². The van der Waals surface area contributed by atoms with Gasteiger partial charge in [0.2, 0.25) is 0 Å². The van der Waals surface area contributed by atoms with Crippen LogP contribution < -0.4 is 14.4 Å². The molecule has 9 nitrogen and oxygen atoms in total. The molecule has 4 rings (SSSR count). The first-order chi connectivity index (χ1) is 19.0. The number of aliphatic carboxylic acids is 1. The Bertz CT molecular complexity index is 1300. The maximum atomic E-state index is 13.2. The Morgan fingerprint density at radius 3 is 2.42 bits per heavy atom. The molecule has 10 heteroatoms. The summed E-state index contributed by atoms with van der Waals surface area (Å²) in [6, 6.07) is 13.2. The number of carboxylic acid groups (broad SMARTS) is 1. The summed E-state index contributed by atoms with van der Waals surface area (Å²) in [5.74, 6) is 1.18. The van der Waals surface area contributed by atoms with Crippen LogP contribution in [0.5, 0.6) is 11.5 Å². The number of rotatable bonds is 13. The number of anilines is 1. The van der Waals surface area contributed by atoms with Crippen molar-refractivity contribution < 1.29 is 32.6 Å². The van der Waals surface area contributed by atoms with E-state index in [1.54, 1.807) is 26.3 Å². The van der Waals surface area contributed by atoms with Gasteiger partial charge in [0, 0.05) is 39.0 Å². The van der Waals surface area contributed by atoms with E-state index < -0.39 is 15.8 Å². The Morgan fingerprint density at radius 2 is 1.80 bits per heavy atom. The molecule has 218 valence electrons. The first kappa shape index (κ1) is 29.7. The maximum absolute atomic E-state index is 13.2. The third kappa shape index (κ3) is 8.13. The zero-order valence-corrected chi connectivity index (χ0v) is 24.4. The summed E-state index contributed by atoms with van der Waals surface area (Å²) in [5, 5.41) is 9.34. The molecule has 1 aliphatic carbocycles. The normalized spacial score (nSPS) is 16.8. The zero-order chi connectivity index (χ0) is 28.9. The molecule has 0 spiro atoms. The molecule has 2 aromatic rings. The smallest absolute Gasteiger partial charge is 0.303 e. The van der Waals surface area contributed by atoms with Gasteiger partial charge < -0.3 is 24.4 Å². The first-order valence-electron chi connectivity index (χ1n) is 13.8. The third-order valence-corrected chi connectivity index (χ3v) is 8.82. The van der Waals surface area contributed by atoms with Gasteiger partial charge in [0.1, 0.15) is 21.3 Å². The lowest BCUT2D eigenvalue weighted by molar-refractivity contribution is -0.137. The van der Waals surface area contributed by atoms with Gasteiger partial charge in [-0.15, -0.1) is 0 Å². The molecule has 1 saturated carbocycles. The van der Waals surface area contributed by atoms with Crippen molar-refractivity contribution in [2.75, 3.05) is 57.3 Å². The van der Waals surface area contributed by atoms with Crippen molar-refractivity contribution in [2.45, 2.75) is 38.0 Å². The largest absolute Gasteiger partial charge is 0.497 e. The number of piperidine rings is 1. The highest BCUT2D eigenvalue weighted by atomic mass is 32.2. The van der Waals surface area contributed by atoms with Crippen molar-refractivity contribution in [2.24, 2.45) is 11.8 Å². The van der Waals surface area contributed by atoms with E-state index in [4.69, 9.17) is 9.47 Å². The number of methoxy groups -OCH3 is 1. The van der Waals surface area contributed by atoms with Crippen molar-refractivity contribution in [1.29, 1.82) is 0 Å². The van der Waals surface area contributed by atoms with E-state index in [9.17, 15) is 23.1 Å². The molecule has 1 atom stereocenters. The molecule has 2 aromatic carbocycles. The number of benzene rings is 2. The molecule has 2 fully saturated rings. The highest BCUT2D eigenvalue weighted by Gasteiger charge is 2.34. The summed E-state index contributed by atoms with van der Waals surface area (Å²) in [6.07, 6.45) is 5.25. The number of nitrogens with zero attached hydrogens (tertiary/aromatic N) is 2. The van der Waals surface area contributed by atoms with Crippen molar-refractivity contribution in [3.63, 3.8) is 0 Å². The van der Waals surface area contributed by atoms with Crippen LogP contribution in [0.2, 0.25) is 0 Å². The molecule has 1 unspecified atom stereocenters. The number of hydrogen-bond donors (Lipinski definition) is 1. The van der Waals surface area contributed by atoms with E-state index in [2.05, 4.69) is 4.90 Å². The molecular formula is C30H40N2O7S. The third-order valence-electron chi connectivity index (χ3n) is 7.89. The van der Waals surface area contributed by atoms with Crippen LogP contribution in [-0.4, -0.2) is 82.7 Å². The monoisotopic (exact) mass is 572 g/mol. The quantitative estimate of drug-likeness (QED) is 0.382. The fourth-order valence-electron chi connectivity index (χ4n) is 5.32. The fourth-order valence-corrected chi connectivity index (χ4v) is 5.93. The SMILES string of the molecule is COc1ccc(C(=O)N(C)CCS(C)(=O)=O)c(N2CCC(COc3cccc(C(CC(=O)O)C4CC4)c3)CC2)c1. The minimum absolute atomic E-state index is 0.0366. The summed E-state index contributed by atoms with van der Waals surface area (Å²) in [4.78, 5) is 28.2. The summed E-state index contributed by atoms with van der Waals surface area (Å²) >= 11 is 0. The molecule has 0 radical (unpaired) electrons. The Kier molecular flexibility index (Phi) is 9.60. The summed E-state index contributed by atoms with van der Waals surface area (Å²) in [5.41, 5.74) is 2.34. The van der Waals surface area contributed by atoms with Crippen molar-refractivity contribution >= 4 is 27.4 Å². The molecule has 1 amide bonds. The molecule has 1 aliphatic heterocycles. The Balaban J connectivity index is 1.37. The molecule has 1 N–H and O–H groups in total. The number of carbonyl (C=O) groups is 2. The zero-order valence-electron chi connectivity index (χ0n) is 23.5. The highest BCUT2D eigenvalue weighted by Crippen LogP contribution is 2.45. The van der Waals surface area contributed by atoms with Crippen LogP contribution in [0.25, 0.3) is 0 Å². The second kappa shape index (κ2) is 12.9. The van der Waals surface area contributed by atoms with Gasteiger partial charge in [0.25, 0.3) is 5.91 Å². The van der Waals surface area contributed by atoms with Crippen molar-refractivity contribution in [3.8, 4) is 11.5 Å². The number of amides is 1. The predicted molar refractivity (Wildman–Crippen MR) is 154 cm³/mol. The second-order valence-electron chi connectivity index (χ2n) is 11.1. The van der Waals surface area contributed by atoms with Gasteiger partial charge in [-0.3, -0.25) is 9.59 Å². The van der Waals surface area contributed by atoms with Gasteiger partial charge in [-0.05, 0) is 73.3 Å². The second-order valence-corrected chi connectivity index (χ2v) is 13.4. The van der Waals surface area contributed by atoms with E-state index in [0.717, 1.165) is 55.8 Å². The Morgan fingerprint density at radius 1 is 1.07 bits per heavy atom. The molecule has 0 aromatic heterocycles. The minimum Gasteiger partial charge on any atom is -0.497 e.